The Kier molecular flexibility index (Phi) is 20.5. The molecule has 0 atom stereocenters. The molecule has 0 bridgehead atoms. The van der Waals surface area contributed by atoms with Crippen LogP contribution in [0.25, 0.3) is 0 Å². The molecule has 0 aliphatic carbocycles. The summed E-state index contributed by atoms with van der Waals surface area (Å²) in [4.78, 5) is 44.6. The number of hydrogen-bond acceptors (Lipinski definition) is 9. The number of rotatable bonds is 15. The van der Waals surface area contributed by atoms with Gasteiger partial charge in [-0.15, -0.1) is 0 Å². The fraction of sp³-hybridized carbons (Fsp3) is 0.714. The normalized spacial score (nSPS) is 10.1. The summed E-state index contributed by atoms with van der Waals surface area (Å²) in [6.45, 7) is -1.31. The molecule has 0 unspecified atom stereocenters. The van der Waals surface area contributed by atoms with Gasteiger partial charge in [-0.3, -0.25) is 14.6 Å². The van der Waals surface area contributed by atoms with E-state index in [-0.39, 0.29) is 66.3 Å². The molecule has 0 spiro atoms. The fourth-order valence-electron chi connectivity index (χ4n) is 2.19. The fourth-order valence-corrected chi connectivity index (χ4v) is 2.19. The van der Waals surface area contributed by atoms with Crippen LogP contribution in [0.5, 0.6) is 0 Å². The molecular weight excluding hydrogens is 403 g/mol. The summed E-state index contributed by atoms with van der Waals surface area (Å²) in [6, 6.07) is 0. The first kappa shape index (κ1) is 30.1. The molecule has 0 saturated heterocycles. The zero-order chi connectivity index (χ0) is 18.5. The minimum absolute atomic E-state index is 0. The van der Waals surface area contributed by atoms with Crippen molar-refractivity contribution in [1.29, 1.82) is 0 Å². The number of carboxylic acid groups (broad SMARTS) is 4. The van der Waals surface area contributed by atoms with Gasteiger partial charge in [-0.25, -0.2) is 0 Å². The average molecular weight is 424 g/mol. The van der Waals surface area contributed by atoms with Crippen LogP contribution in [-0.4, -0.2) is 78.1 Å². The molecule has 0 aromatic carbocycles. The third-order valence-electron chi connectivity index (χ3n) is 3.12. The Morgan fingerprint density at radius 1 is 0.654 bits per heavy atom. The smallest absolute Gasteiger partial charge is 0.549 e. The van der Waals surface area contributed by atoms with Crippen molar-refractivity contribution in [2.45, 2.75) is 25.7 Å². The summed E-state index contributed by atoms with van der Waals surface area (Å²) >= 11 is 0. The first-order valence-electron chi connectivity index (χ1n) is 7.46. The van der Waals surface area contributed by atoms with Crippen molar-refractivity contribution in [2.75, 3.05) is 39.3 Å². The second kappa shape index (κ2) is 17.7. The number of aliphatic carboxylic acids is 4. The molecule has 1 N–H and O–H groups in total. The molecule has 0 aliphatic heterocycles. The van der Waals surface area contributed by atoms with E-state index in [1.54, 1.807) is 0 Å². The zero-order valence-corrected chi connectivity index (χ0v) is 17.7. The molecule has 0 amide bonds. The monoisotopic (exact) mass is 424 g/mol. The molecule has 12 heteroatoms. The minimum atomic E-state index is -1.37. The van der Waals surface area contributed by atoms with Crippen LogP contribution in [0.2, 0.25) is 0 Å². The molecule has 0 heterocycles. The van der Waals surface area contributed by atoms with Gasteiger partial charge in [0, 0.05) is 19.6 Å². The Hall–Kier alpha value is -0.681. The molecule has 0 aromatic rings. The predicted molar refractivity (Wildman–Crippen MR) is 74.0 cm³/mol. The van der Waals surface area contributed by atoms with Gasteiger partial charge >= 0.3 is 52.6 Å². The van der Waals surface area contributed by atoms with Gasteiger partial charge in [-0.2, -0.15) is 0 Å². The molecule has 144 valence electrons. The summed E-state index contributed by atoms with van der Waals surface area (Å²) in [7, 11) is 0. The van der Waals surface area contributed by atoms with Gasteiger partial charge in [-0.1, -0.05) is 12.8 Å². The minimum Gasteiger partial charge on any atom is -0.549 e. The number of nitrogens with zero attached hydrogens (tertiary/aromatic N) is 2. The van der Waals surface area contributed by atoms with Crippen molar-refractivity contribution < 1.29 is 86.2 Å². The van der Waals surface area contributed by atoms with Crippen LogP contribution in [-0.2, 0) is 36.2 Å². The number of unbranched alkanes of at least 4 members (excludes halogenated alkanes) is 3. The van der Waals surface area contributed by atoms with Gasteiger partial charge in [0.1, 0.15) is 0 Å². The Bertz CT molecular complexity index is 381. The molecule has 26 heavy (non-hydrogen) atoms. The van der Waals surface area contributed by atoms with E-state index in [4.69, 9.17) is 5.11 Å². The largest absolute Gasteiger partial charge is 2.00 e. The second-order valence-corrected chi connectivity index (χ2v) is 5.35. The van der Waals surface area contributed by atoms with Crippen molar-refractivity contribution in [2.24, 2.45) is 0 Å². The standard InChI is InChI=1S/C14H24N2O8.Fe.Na/c17-11(18)7-15(8-12(19)20)5-3-1-2-4-6-16(9-13(21)22)10-14(23)24;;/h1-10H2,(H,17,18)(H,19,20)(H,21,22)(H,23,24);;/q;+2;+1/p-3. The van der Waals surface area contributed by atoms with E-state index >= 15 is 0 Å². The third kappa shape index (κ3) is 19.6. The summed E-state index contributed by atoms with van der Waals surface area (Å²) in [5, 5.41) is 40.2. The van der Waals surface area contributed by atoms with Crippen LogP contribution in [0.3, 0.4) is 0 Å². The maximum Gasteiger partial charge on any atom is 2.00 e. The van der Waals surface area contributed by atoms with Gasteiger partial charge < -0.3 is 34.8 Å². The Morgan fingerprint density at radius 3 is 1.23 bits per heavy atom. The van der Waals surface area contributed by atoms with Gasteiger partial charge in [0.05, 0.1) is 24.5 Å². The van der Waals surface area contributed by atoms with Crippen LogP contribution in [0.4, 0.5) is 0 Å². The van der Waals surface area contributed by atoms with E-state index in [1.807, 2.05) is 0 Å². The van der Waals surface area contributed by atoms with Crippen molar-refractivity contribution in [3.8, 4) is 0 Å². The van der Waals surface area contributed by atoms with Gasteiger partial charge in [0.2, 0.25) is 0 Å². The van der Waals surface area contributed by atoms with Crippen LogP contribution in [0.1, 0.15) is 25.7 Å². The van der Waals surface area contributed by atoms with Crippen molar-refractivity contribution in [1.82, 2.24) is 9.80 Å². The number of carbonyl (C=O) groups is 4. The summed E-state index contributed by atoms with van der Waals surface area (Å²) in [6.07, 6.45) is 2.41. The molecule has 0 aromatic heterocycles. The van der Waals surface area contributed by atoms with E-state index in [2.05, 4.69) is 0 Å². The molecule has 0 radical (unpaired) electrons. The van der Waals surface area contributed by atoms with Crippen molar-refractivity contribution in [3.63, 3.8) is 0 Å². The molecular formula is C14H21FeN2NaO8. The Morgan fingerprint density at radius 2 is 0.962 bits per heavy atom. The SMILES string of the molecule is O=C([O-])CN(CCCCCCN(CC(=O)[O-])CC(=O)O)CC(=O)[O-].[Fe+2].[Na+]. The first-order valence-corrected chi connectivity index (χ1v) is 7.46. The molecule has 10 nitrogen and oxygen atoms in total. The van der Waals surface area contributed by atoms with E-state index in [0.29, 0.717) is 25.7 Å². The van der Waals surface area contributed by atoms with Crippen LogP contribution >= 0.6 is 0 Å². The zero-order valence-electron chi connectivity index (χ0n) is 14.6. The summed E-state index contributed by atoms with van der Waals surface area (Å²) < 4.78 is 0. The Labute approximate surface area is 184 Å². The van der Waals surface area contributed by atoms with Gasteiger partial charge in [0.25, 0.3) is 0 Å². The number of carbonyl (C=O) groups excluding carboxylic acids is 3. The molecule has 0 saturated carbocycles. The maximum absolute atomic E-state index is 10.6. The van der Waals surface area contributed by atoms with E-state index < -0.39 is 43.5 Å². The van der Waals surface area contributed by atoms with E-state index in [9.17, 15) is 34.5 Å². The van der Waals surface area contributed by atoms with E-state index in [0.717, 1.165) is 0 Å². The molecule has 0 aliphatic rings. The molecule has 0 rings (SSSR count). The summed E-state index contributed by atoms with van der Waals surface area (Å²) in [5.41, 5.74) is 0. The second-order valence-electron chi connectivity index (χ2n) is 5.35. The topological polar surface area (TPSA) is 164 Å². The van der Waals surface area contributed by atoms with Crippen LogP contribution in [0.15, 0.2) is 0 Å². The Balaban J connectivity index is -0.00000264. The first-order chi connectivity index (χ1) is 11.2. The van der Waals surface area contributed by atoms with E-state index in [1.165, 1.54) is 9.80 Å². The van der Waals surface area contributed by atoms with Gasteiger partial charge in [-0.05, 0) is 25.9 Å². The summed E-state index contributed by atoms with van der Waals surface area (Å²) in [5.74, 6) is -5.22. The quantitative estimate of drug-likeness (QED) is 0.197. The maximum atomic E-state index is 10.6. The average Bonchev–Trinajstić information content (AvgIpc) is 2.39. The van der Waals surface area contributed by atoms with Crippen molar-refractivity contribution in [3.05, 3.63) is 0 Å². The predicted octanol–water partition coefficient (Wildman–Crippen LogP) is -7.51. The third-order valence-corrected chi connectivity index (χ3v) is 3.12. The van der Waals surface area contributed by atoms with Crippen molar-refractivity contribution >= 4 is 23.9 Å². The number of carboxylic acids is 4. The molecule has 0 fully saturated rings. The number of hydrogen-bond donors (Lipinski definition) is 1. The van der Waals surface area contributed by atoms with Crippen LogP contribution < -0.4 is 44.9 Å². The van der Waals surface area contributed by atoms with Gasteiger partial charge in [0.15, 0.2) is 0 Å². The van der Waals surface area contributed by atoms with Crippen LogP contribution in [0, 0.1) is 0 Å².